The summed E-state index contributed by atoms with van der Waals surface area (Å²) >= 11 is 0. The minimum absolute atomic E-state index is 0.220. The molecule has 0 bridgehead atoms. The third kappa shape index (κ3) is 2.82. The van der Waals surface area contributed by atoms with Crippen molar-refractivity contribution in [3.63, 3.8) is 0 Å². The highest BCUT2D eigenvalue weighted by Crippen LogP contribution is 2.08. The van der Waals surface area contributed by atoms with E-state index in [2.05, 4.69) is 25.8 Å². The van der Waals surface area contributed by atoms with Crippen LogP contribution in [0.4, 0.5) is 11.6 Å². The number of nitrogens with one attached hydrogen (secondary N) is 2. The molecule has 7 nitrogen and oxygen atoms in total. The highest BCUT2D eigenvalue weighted by Gasteiger charge is 2.10. The van der Waals surface area contributed by atoms with Gasteiger partial charge in [-0.05, 0) is 13.8 Å². The molecule has 94 valence electrons. The standard InChI is InChI=1S/C11H13N5O2/c1-3-12-10-6-13-8(5-14-10)11(17)15-9-4-7(2)18-16-9/h4-6H,3H2,1-2H3,(H,12,14)(H,15,16,17). The first-order valence-electron chi connectivity index (χ1n) is 5.49. The lowest BCUT2D eigenvalue weighted by atomic mass is 10.4. The second-order valence-electron chi connectivity index (χ2n) is 3.59. The van der Waals surface area contributed by atoms with Crippen LogP contribution in [0.25, 0.3) is 0 Å². The first-order valence-corrected chi connectivity index (χ1v) is 5.49. The van der Waals surface area contributed by atoms with Crippen molar-refractivity contribution in [3.8, 4) is 0 Å². The summed E-state index contributed by atoms with van der Waals surface area (Å²) in [5, 5.41) is 9.22. The van der Waals surface area contributed by atoms with Gasteiger partial charge < -0.3 is 15.2 Å². The van der Waals surface area contributed by atoms with Crippen LogP contribution in [0.1, 0.15) is 23.2 Å². The topological polar surface area (TPSA) is 92.9 Å². The number of anilines is 2. The molecule has 0 atom stereocenters. The lowest BCUT2D eigenvalue weighted by Gasteiger charge is -2.03. The van der Waals surface area contributed by atoms with Crippen LogP contribution in [0.3, 0.4) is 0 Å². The normalized spacial score (nSPS) is 10.1. The first kappa shape index (κ1) is 12.0. The van der Waals surface area contributed by atoms with Crippen LogP contribution < -0.4 is 10.6 Å². The van der Waals surface area contributed by atoms with E-state index in [1.165, 1.54) is 12.4 Å². The van der Waals surface area contributed by atoms with Gasteiger partial charge in [0.05, 0.1) is 12.4 Å². The summed E-state index contributed by atoms with van der Waals surface area (Å²) in [6.07, 6.45) is 2.91. The summed E-state index contributed by atoms with van der Waals surface area (Å²) in [6, 6.07) is 1.62. The van der Waals surface area contributed by atoms with E-state index < -0.39 is 0 Å². The molecule has 0 aliphatic rings. The SMILES string of the molecule is CCNc1cnc(C(=O)Nc2cc(C)on2)cn1. The Hall–Kier alpha value is -2.44. The van der Waals surface area contributed by atoms with Crippen LogP contribution >= 0.6 is 0 Å². The molecule has 2 aromatic rings. The van der Waals surface area contributed by atoms with Crippen LogP contribution in [0, 0.1) is 6.92 Å². The maximum absolute atomic E-state index is 11.8. The van der Waals surface area contributed by atoms with Crippen molar-refractivity contribution >= 4 is 17.5 Å². The summed E-state index contributed by atoms with van der Waals surface area (Å²) in [5.41, 5.74) is 0.220. The van der Waals surface area contributed by atoms with Crippen LogP contribution in [0.2, 0.25) is 0 Å². The molecule has 0 unspecified atom stereocenters. The largest absolute Gasteiger partial charge is 0.369 e. The van der Waals surface area contributed by atoms with Crippen molar-refractivity contribution in [2.75, 3.05) is 17.2 Å². The number of aryl methyl sites for hydroxylation is 1. The molecular weight excluding hydrogens is 234 g/mol. The Balaban J connectivity index is 2.04. The number of aromatic nitrogens is 3. The van der Waals surface area contributed by atoms with Gasteiger partial charge in [0.1, 0.15) is 17.3 Å². The number of amides is 1. The number of carbonyl (C=O) groups excluding carboxylic acids is 1. The zero-order chi connectivity index (χ0) is 13.0. The Morgan fingerprint density at radius 2 is 2.17 bits per heavy atom. The Morgan fingerprint density at radius 1 is 1.33 bits per heavy atom. The highest BCUT2D eigenvalue weighted by molar-refractivity contribution is 6.02. The van der Waals surface area contributed by atoms with Gasteiger partial charge >= 0.3 is 0 Å². The van der Waals surface area contributed by atoms with E-state index in [1.807, 2.05) is 6.92 Å². The van der Waals surface area contributed by atoms with Gasteiger partial charge in [-0.25, -0.2) is 9.97 Å². The van der Waals surface area contributed by atoms with Gasteiger partial charge in [-0.3, -0.25) is 4.79 Å². The average Bonchev–Trinajstić information content (AvgIpc) is 2.76. The van der Waals surface area contributed by atoms with E-state index in [9.17, 15) is 4.79 Å². The van der Waals surface area contributed by atoms with Gasteiger partial charge in [0.25, 0.3) is 5.91 Å². The van der Waals surface area contributed by atoms with E-state index in [4.69, 9.17) is 4.52 Å². The second-order valence-corrected chi connectivity index (χ2v) is 3.59. The molecule has 0 saturated heterocycles. The molecule has 0 saturated carbocycles. The number of nitrogens with zero attached hydrogens (tertiary/aromatic N) is 3. The lowest BCUT2D eigenvalue weighted by Crippen LogP contribution is -2.14. The quantitative estimate of drug-likeness (QED) is 0.849. The highest BCUT2D eigenvalue weighted by atomic mass is 16.5. The molecule has 2 rings (SSSR count). The Labute approximate surface area is 104 Å². The van der Waals surface area contributed by atoms with Crippen LogP contribution in [-0.4, -0.2) is 27.6 Å². The summed E-state index contributed by atoms with van der Waals surface area (Å²) < 4.78 is 4.84. The third-order valence-electron chi connectivity index (χ3n) is 2.11. The van der Waals surface area contributed by atoms with E-state index in [1.54, 1.807) is 13.0 Å². The van der Waals surface area contributed by atoms with Crippen molar-refractivity contribution < 1.29 is 9.32 Å². The summed E-state index contributed by atoms with van der Waals surface area (Å²) in [4.78, 5) is 19.8. The van der Waals surface area contributed by atoms with E-state index >= 15 is 0 Å². The van der Waals surface area contributed by atoms with Gasteiger partial charge in [0.2, 0.25) is 0 Å². The minimum Gasteiger partial charge on any atom is -0.369 e. The fourth-order valence-electron chi connectivity index (χ4n) is 1.32. The van der Waals surface area contributed by atoms with Gasteiger partial charge in [-0.15, -0.1) is 0 Å². The number of hydrogen-bond donors (Lipinski definition) is 2. The molecule has 0 spiro atoms. The smallest absolute Gasteiger partial charge is 0.277 e. The fourth-order valence-corrected chi connectivity index (χ4v) is 1.32. The van der Waals surface area contributed by atoms with Crippen molar-refractivity contribution in [2.45, 2.75) is 13.8 Å². The first-order chi connectivity index (χ1) is 8.69. The van der Waals surface area contributed by atoms with Crippen molar-refractivity contribution in [1.29, 1.82) is 0 Å². The maximum Gasteiger partial charge on any atom is 0.277 e. The summed E-state index contributed by atoms with van der Waals surface area (Å²) in [7, 11) is 0. The molecule has 0 aliphatic heterocycles. The molecule has 18 heavy (non-hydrogen) atoms. The van der Waals surface area contributed by atoms with Crippen LogP contribution in [0.5, 0.6) is 0 Å². The molecule has 2 aromatic heterocycles. The zero-order valence-corrected chi connectivity index (χ0v) is 10.1. The van der Waals surface area contributed by atoms with Gasteiger partial charge in [-0.2, -0.15) is 0 Å². The number of rotatable bonds is 4. The van der Waals surface area contributed by atoms with Gasteiger partial charge in [0, 0.05) is 12.6 Å². The van der Waals surface area contributed by atoms with Crippen LogP contribution in [-0.2, 0) is 0 Å². The Bertz CT molecular complexity index is 535. The molecule has 7 heteroatoms. The molecular formula is C11H13N5O2. The maximum atomic E-state index is 11.8. The molecule has 1 amide bonds. The Morgan fingerprint density at radius 3 is 2.72 bits per heavy atom. The number of carbonyl (C=O) groups is 1. The van der Waals surface area contributed by atoms with E-state index in [-0.39, 0.29) is 11.6 Å². The number of hydrogen-bond acceptors (Lipinski definition) is 6. The molecule has 0 aromatic carbocycles. The molecule has 2 heterocycles. The summed E-state index contributed by atoms with van der Waals surface area (Å²) in [5.74, 6) is 1.24. The molecule has 0 aliphatic carbocycles. The Kier molecular flexibility index (Phi) is 3.52. The van der Waals surface area contributed by atoms with Gasteiger partial charge in [0.15, 0.2) is 5.82 Å². The zero-order valence-electron chi connectivity index (χ0n) is 10.1. The van der Waals surface area contributed by atoms with Gasteiger partial charge in [-0.1, -0.05) is 5.16 Å². The predicted molar refractivity (Wildman–Crippen MR) is 65.4 cm³/mol. The lowest BCUT2D eigenvalue weighted by molar-refractivity contribution is 0.102. The third-order valence-corrected chi connectivity index (χ3v) is 2.11. The van der Waals surface area contributed by atoms with Crippen molar-refractivity contribution in [2.24, 2.45) is 0 Å². The van der Waals surface area contributed by atoms with E-state index in [0.29, 0.717) is 17.4 Å². The second kappa shape index (κ2) is 5.26. The molecule has 2 N–H and O–H groups in total. The summed E-state index contributed by atoms with van der Waals surface area (Å²) in [6.45, 7) is 4.45. The average molecular weight is 247 g/mol. The predicted octanol–water partition coefficient (Wildman–Crippen LogP) is 1.46. The monoisotopic (exact) mass is 247 g/mol. The molecule has 0 radical (unpaired) electrons. The minimum atomic E-state index is -0.376. The van der Waals surface area contributed by atoms with E-state index in [0.717, 1.165) is 6.54 Å². The van der Waals surface area contributed by atoms with Crippen molar-refractivity contribution in [1.82, 2.24) is 15.1 Å². The van der Waals surface area contributed by atoms with Crippen LogP contribution in [0.15, 0.2) is 23.0 Å². The van der Waals surface area contributed by atoms with Crippen molar-refractivity contribution in [3.05, 3.63) is 29.9 Å². The molecule has 0 fully saturated rings. The fraction of sp³-hybridized carbons (Fsp3) is 0.273.